The van der Waals surface area contributed by atoms with Gasteiger partial charge in [-0.2, -0.15) is 0 Å². The Balaban J connectivity index is 2.35. The van der Waals surface area contributed by atoms with Crippen LogP contribution in [0.3, 0.4) is 0 Å². The van der Waals surface area contributed by atoms with Crippen LogP contribution in [0.1, 0.15) is 33.1 Å². The SMILES string of the molecule is CC(C)OCC1CCCC(=S)N1C. The first-order valence-corrected chi connectivity index (χ1v) is 5.39. The Hall–Kier alpha value is -0.150. The fourth-order valence-electron chi connectivity index (χ4n) is 1.56. The van der Waals surface area contributed by atoms with Crippen molar-refractivity contribution in [3.63, 3.8) is 0 Å². The van der Waals surface area contributed by atoms with Gasteiger partial charge in [-0.15, -0.1) is 0 Å². The van der Waals surface area contributed by atoms with Gasteiger partial charge < -0.3 is 9.64 Å². The molecule has 13 heavy (non-hydrogen) atoms. The van der Waals surface area contributed by atoms with Gasteiger partial charge in [-0.3, -0.25) is 0 Å². The van der Waals surface area contributed by atoms with Crippen molar-refractivity contribution < 1.29 is 4.74 Å². The van der Waals surface area contributed by atoms with E-state index in [1.54, 1.807) is 0 Å². The number of hydrogen-bond acceptors (Lipinski definition) is 2. The Morgan fingerprint density at radius 1 is 1.62 bits per heavy atom. The Morgan fingerprint density at radius 3 is 2.92 bits per heavy atom. The second-order valence-electron chi connectivity index (χ2n) is 3.93. The van der Waals surface area contributed by atoms with Gasteiger partial charge in [0.2, 0.25) is 0 Å². The predicted octanol–water partition coefficient (Wildman–Crippen LogP) is 2.22. The number of piperidine rings is 1. The highest BCUT2D eigenvalue weighted by molar-refractivity contribution is 7.80. The van der Waals surface area contributed by atoms with Crippen LogP contribution in [0.4, 0.5) is 0 Å². The van der Waals surface area contributed by atoms with E-state index in [1.165, 1.54) is 12.8 Å². The molecule has 0 amide bonds. The zero-order valence-corrected chi connectivity index (χ0v) is 9.56. The standard InChI is InChI=1S/C10H19NOS/c1-8(2)12-7-9-5-4-6-10(13)11(9)3/h8-9H,4-7H2,1-3H3. The molecule has 0 bridgehead atoms. The molecule has 0 aromatic carbocycles. The van der Waals surface area contributed by atoms with Gasteiger partial charge in [0.15, 0.2) is 0 Å². The number of hydrogen-bond donors (Lipinski definition) is 0. The van der Waals surface area contributed by atoms with Gasteiger partial charge >= 0.3 is 0 Å². The largest absolute Gasteiger partial charge is 0.377 e. The van der Waals surface area contributed by atoms with Gasteiger partial charge in [0.25, 0.3) is 0 Å². The van der Waals surface area contributed by atoms with Crippen LogP contribution in [0.15, 0.2) is 0 Å². The van der Waals surface area contributed by atoms with E-state index in [2.05, 4.69) is 25.8 Å². The number of likely N-dealkylation sites (tertiary alicyclic amines) is 1. The molecule has 1 aliphatic heterocycles. The first-order valence-electron chi connectivity index (χ1n) is 4.98. The second kappa shape index (κ2) is 4.91. The zero-order valence-electron chi connectivity index (χ0n) is 8.75. The lowest BCUT2D eigenvalue weighted by atomic mass is 10.0. The summed E-state index contributed by atoms with van der Waals surface area (Å²) in [6.07, 6.45) is 3.83. The average Bonchev–Trinajstić information content (AvgIpc) is 2.07. The first kappa shape index (κ1) is 10.9. The van der Waals surface area contributed by atoms with E-state index >= 15 is 0 Å². The van der Waals surface area contributed by atoms with Crippen molar-refractivity contribution in [2.24, 2.45) is 0 Å². The van der Waals surface area contributed by atoms with Crippen molar-refractivity contribution in [3.8, 4) is 0 Å². The van der Waals surface area contributed by atoms with Crippen molar-refractivity contribution in [1.29, 1.82) is 0 Å². The summed E-state index contributed by atoms with van der Waals surface area (Å²) in [4.78, 5) is 3.28. The van der Waals surface area contributed by atoms with E-state index in [1.807, 2.05) is 0 Å². The van der Waals surface area contributed by atoms with E-state index in [4.69, 9.17) is 17.0 Å². The fourth-order valence-corrected chi connectivity index (χ4v) is 1.85. The molecule has 3 heteroatoms. The molecular weight excluding hydrogens is 182 g/mol. The van der Waals surface area contributed by atoms with E-state index in [-0.39, 0.29) is 0 Å². The van der Waals surface area contributed by atoms with Gasteiger partial charge in [-0.1, -0.05) is 12.2 Å². The lowest BCUT2D eigenvalue weighted by molar-refractivity contribution is 0.0411. The van der Waals surface area contributed by atoms with Crippen LogP contribution < -0.4 is 0 Å². The minimum atomic E-state index is 0.323. The summed E-state index contributed by atoms with van der Waals surface area (Å²) in [5.74, 6) is 0. The lowest BCUT2D eigenvalue weighted by Gasteiger charge is -2.34. The van der Waals surface area contributed by atoms with Crippen molar-refractivity contribution >= 4 is 17.2 Å². The quantitative estimate of drug-likeness (QED) is 0.650. The second-order valence-corrected chi connectivity index (χ2v) is 4.40. The summed E-state index contributed by atoms with van der Waals surface area (Å²) in [5, 5.41) is 0. The molecule has 1 rings (SSSR count). The monoisotopic (exact) mass is 201 g/mol. The summed E-state index contributed by atoms with van der Waals surface area (Å²) in [6.45, 7) is 4.95. The van der Waals surface area contributed by atoms with E-state index in [0.29, 0.717) is 12.1 Å². The highest BCUT2D eigenvalue weighted by Crippen LogP contribution is 2.17. The van der Waals surface area contributed by atoms with Gasteiger partial charge in [0, 0.05) is 7.05 Å². The van der Waals surface area contributed by atoms with E-state index < -0.39 is 0 Å². The maximum absolute atomic E-state index is 5.60. The number of rotatable bonds is 3. The molecule has 1 aliphatic rings. The molecular formula is C10H19NOS. The minimum Gasteiger partial charge on any atom is -0.377 e. The zero-order chi connectivity index (χ0) is 9.84. The van der Waals surface area contributed by atoms with Crippen molar-refractivity contribution in [2.45, 2.75) is 45.3 Å². The molecule has 0 aliphatic carbocycles. The molecule has 1 unspecified atom stereocenters. The van der Waals surface area contributed by atoms with Crippen LogP contribution in [0.25, 0.3) is 0 Å². The van der Waals surface area contributed by atoms with Crippen molar-refractivity contribution in [3.05, 3.63) is 0 Å². The molecule has 1 saturated heterocycles. The smallest absolute Gasteiger partial charge is 0.0780 e. The molecule has 1 fully saturated rings. The van der Waals surface area contributed by atoms with Crippen LogP contribution in [0, 0.1) is 0 Å². The molecule has 0 radical (unpaired) electrons. The third-order valence-electron chi connectivity index (χ3n) is 2.49. The maximum atomic E-state index is 5.60. The third-order valence-corrected chi connectivity index (χ3v) is 2.98. The lowest BCUT2D eigenvalue weighted by Crippen LogP contribution is -2.42. The minimum absolute atomic E-state index is 0.323. The summed E-state index contributed by atoms with van der Waals surface area (Å²) in [5.41, 5.74) is 0. The third kappa shape index (κ3) is 3.24. The van der Waals surface area contributed by atoms with Crippen LogP contribution in [-0.4, -0.2) is 35.7 Å². The average molecular weight is 201 g/mol. The molecule has 1 atom stereocenters. The van der Waals surface area contributed by atoms with Crippen molar-refractivity contribution in [2.75, 3.05) is 13.7 Å². The first-order chi connectivity index (χ1) is 6.11. The van der Waals surface area contributed by atoms with Gasteiger partial charge in [-0.05, 0) is 33.1 Å². The summed E-state index contributed by atoms with van der Waals surface area (Å²) in [7, 11) is 2.08. The number of likely N-dealkylation sites (N-methyl/N-ethyl adjacent to an activating group) is 1. The number of ether oxygens (including phenoxy) is 1. The van der Waals surface area contributed by atoms with Gasteiger partial charge in [-0.25, -0.2) is 0 Å². The normalized spacial score (nSPS) is 24.2. The van der Waals surface area contributed by atoms with E-state index in [0.717, 1.165) is 18.0 Å². The molecule has 76 valence electrons. The van der Waals surface area contributed by atoms with E-state index in [9.17, 15) is 0 Å². The van der Waals surface area contributed by atoms with Crippen LogP contribution in [0.5, 0.6) is 0 Å². The summed E-state index contributed by atoms with van der Waals surface area (Å²) < 4.78 is 5.60. The molecule has 0 N–H and O–H groups in total. The number of nitrogens with zero attached hydrogens (tertiary/aromatic N) is 1. The molecule has 2 nitrogen and oxygen atoms in total. The highest BCUT2D eigenvalue weighted by Gasteiger charge is 2.22. The van der Waals surface area contributed by atoms with Crippen LogP contribution in [-0.2, 0) is 4.74 Å². The maximum Gasteiger partial charge on any atom is 0.0780 e. The van der Waals surface area contributed by atoms with Crippen LogP contribution in [0.2, 0.25) is 0 Å². The predicted molar refractivity (Wildman–Crippen MR) is 59.1 cm³/mol. The number of thiocarbonyl (C=S) groups is 1. The summed E-state index contributed by atoms with van der Waals surface area (Å²) >= 11 is 5.26. The molecule has 0 saturated carbocycles. The Bertz CT molecular complexity index is 182. The van der Waals surface area contributed by atoms with Crippen LogP contribution >= 0.6 is 12.2 Å². The Labute approximate surface area is 86.3 Å². The fraction of sp³-hybridized carbons (Fsp3) is 0.900. The molecule has 1 heterocycles. The van der Waals surface area contributed by atoms with Gasteiger partial charge in [0.05, 0.1) is 23.7 Å². The topological polar surface area (TPSA) is 12.5 Å². The molecule has 0 aromatic heterocycles. The Morgan fingerprint density at radius 2 is 2.31 bits per heavy atom. The van der Waals surface area contributed by atoms with Gasteiger partial charge in [0.1, 0.15) is 0 Å². The molecule has 0 aromatic rings. The molecule has 0 spiro atoms. The summed E-state index contributed by atoms with van der Waals surface area (Å²) in [6, 6.07) is 0.503. The highest BCUT2D eigenvalue weighted by atomic mass is 32.1. The Kier molecular flexibility index (Phi) is 4.13. The van der Waals surface area contributed by atoms with Crippen molar-refractivity contribution in [1.82, 2.24) is 4.90 Å².